The molecule has 2 fully saturated rings. The van der Waals surface area contributed by atoms with E-state index in [4.69, 9.17) is 0 Å². The lowest BCUT2D eigenvalue weighted by Gasteiger charge is -2.45. The highest BCUT2D eigenvalue weighted by Gasteiger charge is 2.41. The Morgan fingerprint density at radius 1 is 1.05 bits per heavy atom. The van der Waals surface area contributed by atoms with Crippen LogP contribution in [0.5, 0.6) is 0 Å². The van der Waals surface area contributed by atoms with E-state index in [2.05, 4.69) is 6.58 Å². The molecular formula is C15H27NO4. The van der Waals surface area contributed by atoms with E-state index in [0.717, 1.165) is 32.2 Å². The molecule has 5 heteroatoms. The maximum atomic E-state index is 9.96. The molecule has 0 unspecified atom stereocenters. The standard InChI is InChI=1S/C15H27NO4/c1-2-10-3-5-11(6-4-10)7-16-8-13(18)15(20)14(19)12(16)9-17/h2,10-15,17-20H,1,3-9H2/t10?,11?,12-,13-,14-,15-/m0/s1. The fourth-order valence-electron chi connectivity index (χ4n) is 3.53. The van der Waals surface area contributed by atoms with E-state index in [9.17, 15) is 20.4 Å². The van der Waals surface area contributed by atoms with Crippen molar-refractivity contribution in [3.63, 3.8) is 0 Å². The van der Waals surface area contributed by atoms with Crippen molar-refractivity contribution >= 4 is 0 Å². The Labute approximate surface area is 120 Å². The maximum absolute atomic E-state index is 9.96. The van der Waals surface area contributed by atoms with Crippen molar-refractivity contribution in [2.45, 2.75) is 50.0 Å². The third-order valence-electron chi connectivity index (χ3n) is 4.93. The van der Waals surface area contributed by atoms with E-state index in [0.29, 0.717) is 18.4 Å². The van der Waals surface area contributed by atoms with E-state index in [1.54, 1.807) is 0 Å². The van der Waals surface area contributed by atoms with Gasteiger partial charge in [0.25, 0.3) is 0 Å². The largest absolute Gasteiger partial charge is 0.395 e. The summed E-state index contributed by atoms with van der Waals surface area (Å²) in [6.07, 6.45) is 3.32. The lowest BCUT2D eigenvalue weighted by molar-refractivity contribution is -0.148. The van der Waals surface area contributed by atoms with Crippen LogP contribution in [0, 0.1) is 11.8 Å². The molecule has 1 saturated carbocycles. The SMILES string of the molecule is C=CC1CCC(CN2C[C@H](O)[C@H](O)[C@@H](O)[C@@H]2CO)CC1. The first-order chi connectivity index (χ1) is 9.56. The van der Waals surface area contributed by atoms with E-state index in [1.165, 1.54) is 0 Å². The van der Waals surface area contributed by atoms with Crippen molar-refractivity contribution < 1.29 is 20.4 Å². The van der Waals surface area contributed by atoms with Crippen LogP contribution in [0.15, 0.2) is 12.7 Å². The summed E-state index contributed by atoms with van der Waals surface area (Å²) in [7, 11) is 0. The van der Waals surface area contributed by atoms with Crippen molar-refractivity contribution in [2.75, 3.05) is 19.7 Å². The number of β-amino-alcohol motifs (C(OH)–C–C–N with tert-alkyl or cyclic N) is 1. The average molecular weight is 285 g/mol. The molecule has 2 aliphatic rings. The summed E-state index contributed by atoms with van der Waals surface area (Å²) in [5.41, 5.74) is 0. The fourth-order valence-corrected chi connectivity index (χ4v) is 3.53. The minimum Gasteiger partial charge on any atom is -0.395 e. The van der Waals surface area contributed by atoms with Gasteiger partial charge in [-0.2, -0.15) is 0 Å². The molecule has 5 nitrogen and oxygen atoms in total. The molecule has 116 valence electrons. The molecular weight excluding hydrogens is 258 g/mol. The van der Waals surface area contributed by atoms with Crippen LogP contribution >= 0.6 is 0 Å². The Kier molecular flexibility index (Phi) is 5.57. The van der Waals surface area contributed by atoms with Crippen molar-refractivity contribution in [3.8, 4) is 0 Å². The van der Waals surface area contributed by atoms with Crippen molar-refractivity contribution in [3.05, 3.63) is 12.7 Å². The van der Waals surface area contributed by atoms with Gasteiger partial charge in [-0.3, -0.25) is 4.90 Å². The van der Waals surface area contributed by atoms with Gasteiger partial charge in [-0.05, 0) is 37.5 Å². The van der Waals surface area contributed by atoms with Crippen molar-refractivity contribution in [2.24, 2.45) is 11.8 Å². The minimum atomic E-state index is -1.17. The van der Waals surface area contributed by atoms with Crippen LogP contribution in [0.2, 0.25) is 0 Å². The van der Waals surface area contributed by atoms with E-state index >= 15 is 0 Å². The summed E-state index contributed by atoms with van der Waals surface area (Å²) in [4.78, 5) is 1.93. The number of hydrogen-bond acceptors (Lipinski definition) is 5. The number of hydrogen-bond donors (Lipinski definition) is 4. The van der Waals surface area contributed by atoms with Gasteiger partial charge in [0.2, 0.25) is 0 Å². The van der Waals surface area contributed by atoms with Crippen molar-refractivity contribution in [1.29, 1.82) is 0 Å². The van der Waals surface area contributed by atoms with E-state index in [1.807, 2.05) is 11.0 Å². The second-order valence-electron chi connectivity index (χ2n) is 6.27. The molecule has 0 spiro atoms. The summed E-state index contributed by atoms with van der Waals surface area (Å²) in [6.45, 7) is 4.71. The molecule has 0 radical (unpaired) electrons. The van der Waals surface area contributed by atoms with Crippen LogP contribution in [-0.4, -0.2) is 69.4 Å². The Bertz CT molecular complexity index is 317. The van der Waals surface area contributed by atoms with Crippen molar-refractivity contribution in [1.82, 2.24) is 4.90 Å². The van der Waals surface area contributed by atoms with Crippen LogP contribution in [0.4, 0.5) is 0 Å². The number of aliphatic hydroxyl groups is 4. The Morgan fingerprint density at radius 3 is 2.25 bits per heavy atom. The first-order valence-corrected chi connectivity index (χ1v) is 7.58. The summed E-state index contributed by atoms with van der Waals surface area (Å²) in [5.74, 6) is 1.13. The minimum absolute atomic E-state index is 0.201. The molecule has 2 rings (SSSR count). The summed E-state index contributed by atoms with van der Waals surface area (Å²) >= 11 is 0. The number of likely N-dealkylation sites (tertiary alicyclic amines) is 1. The number of rotatable bonds is 4. The third kappa shape index (κ3) is 3.40. The van der Waals surface area contributed by atoms with Gasteiger partial charge in [0.1, 0.15) is 12.2 Å². The van der Waals surface area contributed by atoms with Gasteiger partial charge in [0, 0.05) is 13.1 Å². The molecule has 1 aliphatic heterocycles. The molecule has 0 aromatic heterocycles. The smallest absolute Gasteiger partial charge is 0.109 e. The highest BCUT2D eigenvalue weighted by molar-refractivity contribution is 4.95. The zero-order valence-corrected chi connectivity index (χ0v) is 11.9. The Hall–Kier alpha value is -0.460. The molecule has 1 aliphatic carbocycles. The Morgan fingerprint density at radius 2 is 1.70 bits per heavy atom. The van der Waals surface area contributed by atoms with Gasteiger partial charge in [0.15, 0.2) is 0 Å². The highest BCUT2D eigenvalue weighted by atomic mass is 16.4. The van der Waals surface area contributed by atoms with Gasteiger partial charge in [-0.1, -0.05) is 6.08 Å². The van der Waals surface area contributed by atoms with E-state index < -0.39 is 24.4 Å². The molecule has 4 N–H and O–H groups in total. The number of allylic oxidation sites excluding steroid dienone is 1. The van der Waals surface area contributed by atoms with Gasteiger partial charge in [0.05, 0.1) is 18.8 Å². The predicted octanol–water partition coefficient (Wildman–Crippen LogP) is -0.262. The number of piperidine rings is 1. The van der Waals surface area contributed by atoms with Crippen LogP contribution in [-0.2, 0) is 0 Å². The molecule has 20 heavy (non-hydrogen) atoms. The lowest BCUT2D eigenvalue weighted by Crippen LogP contribution is -2.63. The number of nitrogens with zero attached hydrogens (tertiary/aromatic N) is 1. The third-order valence-corrected chi connectivity index (χ3v) is 4.93. The molecule has 0 aromatic rings. The lowest BCUT2D eigenvalue weighted by atomic mass is 9.81. The van der Waals surface area contributed by atoms with Crippen LogP contribution in [0.25, 0.3) is 0 Å². The van der Waals surface area contributed by atoms with Gasteiger partial charge in [-0.15, -0.1) is 6.58 Å². The molecule has 4 atom stereocenters. The monoisotopic (exact) mass is 285 g/mol. The molecule has 0 bridgehead atoms. The average Bonchev–Trinajstić information content (AvgIpc) is 2.46. The van der Waals surface area contributed by atoms with Crippen LogP contribution in [0.3, 0.4) is 0 Å². The normalized spacial score (nSPS) is 43.4. The van der Waals surface area contributed by atoms with Gasteiger partial charge in [-0.25, -0.2) is 0 Å². The first kappa shape index (κ1) is 15.9. The zero-order valence-electron chi connectivity index (χ0n) is 11.9. The quantitative estimate of drug-likeness (QED) is 0.535. The molecule has 0 aromatic carbocycles. The second kappa shape index (κ2) is 7.00. The fraction of sp³-hybridized carbons (Fsp3) is 0.867. The van der Waals surface area contributed by atoms with Crippen LogP contribution < -0.4 is 0 Å². The zero-order chi connectivity index (χ0) is 14.7. The highest BCUT2D eigenvalue weighted by Crippen LogP contribution is 2.31. The second-order valence-corrected chi connectivity index (χ2v) is 6.27. The maximum Gasteiger partial charge on any atom is 0.109 e. The molecule has 1 saturated heterocycles. The summed E-state index contributed by atoms with van der Waals surface area (Å²) in [5, 5.41) is 38.9. The van der Waals surface area contributed by atoms with Gasteiger partial charge >= 0.3 is 0 Å². The molecule has 0 amide bonds. The molecule has 1 heterocycles. The van der Waals surface area contributed by atoms with E-state index in [-0.39, 0.29) is 6.61 Å². The summed E-state index contributed by atoms with van der Waals surface area (Å²) in [6, 6.07) is -0.481. The van der Waals surface area contributed by atoms with Crippen LogP contribution in [0.1, 0.15) is 25.7 Å². The Balaban J connectivity index is 1.92. The number of aliphatic hydroxyl groups excluding tert-OH is 4. The van der Waals surface area contributed by atoms with Gasteiger partial charge < -0.3 is 20.4 Å². The topological polar surface area (TPSA) is 84.2 Å². The summed E-state index contributed by atoms with van der Waals surface area (Å²) < 4.78 is 0. The first-order valence-electron chi connectivity index (χ1n) is 7.58. The predicted molar refractivity (Wildman–Crippen MR) is 76.1 cm³/mol.